The molecule has 0 radical (unpaired) electrons. The minimum absolute atomic E-state index is 0.235. The van der Waals surface area contributed by atoms with Gasteiger partial charge in [-0.05, 0) is 12.3 Å². The summed E-state index contributed by atoms with van der Waals surface area (Å²) < 4.78 is 18.4. The van der Waals surface area contributed by atoms with Gasteiger partial charge in [0.25, 0.3) is 0 Å². The van der Waals surface area contributed by atoms with E-state index in [-0.39, 0.29) is 6.10 Å². The van der Waals surface area contributed by atoms with Crippen LogP contribution in [0.4, 0.5) is 4.39 Å². The second-order valence-electron chi connectivity index (χ2n) is 4.15. The van der Waals surface area contributed by atoms with Crippen LogP contribution < -0.4 is 0 Å². The fraction of sp³-hybridized carbons (Fsp3) is 1.00. The summed E-state index contributed by atoms with van der Waals surface area (Å²) in [6, 6.07) is 0. The van der Waals surface area contributed by atoms with Gasteiger partial charge in [0.05, 0.1) is 6.10 Å². The van der Waals surface area contributed by atoms with E-state index in [1.54, 1.807) is 0 Å². The molecule has 2 unspecified atom stereocenters. The van der Waals surface area contributed by atoms with E-state index in [4.69, 9.17) is 4.74 Å². The molecule has 1 nitrogen and oxygen atoms in total. The average molecular weight is 172 g/mol. The van der Waals surface area contributed by atoms with Crippen molar-refractivity contribution in [1.82, 2.24) is 0 Å². The Labute approximate surface area is 73.3 Å². The molecular weight excluding hydrogens is 155 g/mol. The third kappa shape index (κ3) is 1.98. The molecule has 0 aromatic heterocycles. The fourth-order valence-corrected chi connectivity index (χ4v) is 2.10. The highest BCUT2D eigenvalue weighted by molar-refractivity contribution is 4.78. The van der Waals surface area contributed by atoms with E-state index in [9.17, 15) is 4.39 Å². The summed E-state index contributed by atoms with van der Waals surface area (Å²) in [6.45, 7) is 0.637. The maximum atomic E-state index is 12.9. The van der Waals surface area contributed by atoms with Crippen molar-refractivity contribution in [2.75, 3.05) is 6.61 Å². The molecule has 1 aliphatic carbocycles. The molecule has 1 aliphatic heterocycles. The number of alkyl halides is 1. The molecule has 0 amide bonds. The Morgan fingerprint density at radius 1 is 1.25 bits per heavy atom. The molecule has 2 heteroatoms. The summed E-state index contributed by atoms with van der Waals surface area (Å²) in [4.78, 5) is 0. The van der Waals surface area contributed by atoms with Gasteiger partial charge < -0.3 is 4.74 Å². The molecule has 0 aromatic carbocycles. The highest BCUT2D eigenvalue weighted by Gasteiger charge is 2.27. The zero-order valence-electron chi connectivity index (χ0n) is 7.47. The van der Waals surface area contributed by atoms with Crippen molar-refractivity contribution >= 4 is 0 Å². The number of rotatable bonds is 2. The third-order valence-electron chi connectivity index (χ3n) is 3.12. The molecule has 2 fully saturated rings. The Bertz CT molecular complexity index is 145. The van der Waals surface area contributed by atoms with Crippen LogP contribution in [-0.2, 0) is 4.74 Å². The molecule has 0 N–H and O–H groups in total. The maximum absolute atomic E-state index is 12.9. The standard InChI is InChI=1S/C10H17FO/c11-9-4-5-12-10(7-9)6-8-2-1-3-8/h8-10H,1-7H2. The lowest BCUT2D eigenvalue weighted by atomic mass is 9.80. The van der Waals surface area contributed by atoms with Crippen LogP contribution in [0.25, 0.3) is 0 Å². The first kappa shape index (κ1) is 8.49. The van der Waals surface area contributed by atoms with E-state index >= 15 is 0 Å². The zero-order chi connectivity index (χ0) is 8.39. The fourth-order valence-electron chi connectivity index (χ4n) is 2.10. The van der Waals surface area contributed by atoms with Crippen molar-refractivity contribution in [2.45, 2.75) is 50.8 Å². The summed E-state index contributed by atoms with van der Waals surface area (Å²) in [5.41, 5.74) is 0. The zero-order valence-corrected chi connectivity index (χ0v) is 7.47. The van der Waals surface area contributed by atoms with Crippen molar-refractivity contribution in [1.29, 1.82) is 0 Å². The SMILES string of the molecule is FC1CCOC(CC2CCC2)C1. The van der Waals surface area contributed by atoms with Gasteiger partial charge in [0.2, 0.25) is 0 Å². The van der Waals surface area contributed by atoms with Gasteiger partial charge in [-0.2, -0.15) is 0 Å². The summed E-state index contributed by atoms with van der Waals surface area (Å²) in [5.74, 6) is 0.847. The van der Waals surface area contributed by atoms with E-state index in [0.29, 0.717) is 19.4 Å². The van der Waals surface area contributed by atoms with Crippen LogP contribution in [0.3, 0.4) is 0 Å². The lowest BCUT2D eigenvalue weighted by Crippen LogP contribution is -2.30. The lowest BCUT2D eigenvalue weighted by molar-refractivity contribution is -0.0350. The first-order valence-electron chi connectivity index (χ1n) is 5.10. The number of hydrogen-bond donors (Lipinski definition) is 0. The van der Waals surface area contributed by atoms with Crippen molar-refractivity contribution < 1.29 is 9.13 Å². The summed E-state index contributed by atoms with van der Waals surface area (Å²) in [6.07, 6.45) is 6.07. The van der Waals surface area contributed by atoms with Crippen LogP contribution in [-0.4, -0.2) is 18.9 Å². The Hall–Kier alpha value is -0.110. The predicted octanol–water partition coefficient (Wildman–Crippen LogP) is 2.69. The van der Waals surface area contributed by atoms with E-state index in [1.807, 2.05) is 0 Å². The Morgan fingerprint density at radius 3 is 2.67 bits per heavy atom. The van der Waals surface area contributed by atoms with Gasteiger partial charge in [-0.3, -0.25) is 0 Å². The molecule has 2 rings (SSSR count). The molecule has 0 aromatic rings. The topological polar surface area (TPSA) is 9.23 Å². The molecule has 1 heterocycles. The minimum Gasteiger partial charge on any atom is -0.378 e. The van der Waals surface area contributed by atoms with E-state index < -0.39 is 6.17 Å². The average Bonchev–Trinajstić information content (AvgIpc) is 1.97. The molecule has 12 heavy (non-hydrogen) atoms. The van der Waals surface area contributed by atoms with Gasteiger partial charge in [0, 0.05) is 19.4 Å². The summed E-state index contributed by atoms with van der Waals surface area (Å²) >= 11 is 0. The second kappa shape index (κ2) is 3.73. The van der Waals surface area contributed by atoms with Gasteiger partial charge in [0.1, 0.15) is 6.17 Å². The van der Waals surface area contributed by atoms with Gasteiger partial charge in [-0.25, -0.2) is 4.39 Å². The van der Waals surface area contributed by atoms with Crippen molar-refractivity contribution in [2.24, 2.45) is 5.92 Å². The van der Waals surface area contributed by atoms with Crippen LogP contribution in [0.5, 0.6) is 0 Å². The lowest BCUT2D eigenvalue weighted by Gasteiger charge is -2.32. The second-order valence-corrected chi connectivity index (χ2v) is 4.15. The maximum Gasteiger partial charge on any atom is 0.105 e. The summed E-state index contributed by atoms with van der Waals surface area (Å²) in [5, 5.41) is 0. The Morgan fingerprint density at radius 2 is 2.08 bits per heavy atom. The van der Waals surface area contributed by atoms with Crippen LogP contribution in [0, 0.1) is 5.92 Å². The van der Waals surface area contributed by atoms with Crippen LogP contribution in [0.1, 0.15) is 38.5 Å². The molecular formula is C10H17FO. The van der Waals surface area contributed by atoms with Gasteiger partial charge in [0.15, 0.2) is 0 Å². The van der Waals surface area contributed by atoms with Crippen LogP contribution in [0.15, 0.2) is 0 Å². The largest absolute Gasteiger partial charge is 0.378 e. The smallest absolute Gasteiger partial charge is 0.105 e. The van der Waals surface area contributed by atoms with E-state index in [2.05, 4.69) is 0 Å². The highest BCUT2D eigenvalue weighted by Crippen LogP contribution is 2.33. The van der Waals surface area contributed by atoms with Gasteiger partial charge in [-0.1, -0.05) is 19.3 Å². The monoisotopic (exact) mass is 172 g/mol. The first-order valence-corrected chi connectivity index (χ1v) is 5.10. The number of halogens is 1. The minimum atomic E-state index is -0.594. The molecule has 0 bridgehead atoms. The molecule has 2 atom stereocenters. The molecule has 1 saturated heterocycles. The number of ether oxygens (including phenoxy) is 1. The van der Waals surface area contributed by atoms with Crippen molar-refractivity contribution in [3.63, 3.8) is 0 Å². The van der Waals surface area contributed by atoms with E-state index in [1.165, 1.54) is 19.3 Å². The Kier molecular flexibility index (Phi) is 2.64. The predicted molar refractivity (Wildman–Crippen MR) is 45.8 cm³/mol. The molecule has 1 saturated carbocycles. The van der Waals surface area contributed by atoms with E-state index in [0.717, 1.165) is 12.3 Å². The van der Waals surface area contributed by atoms with Crippen LogP contribution >= 0.6 is 0 Å². The van der Waals surface area contributed by atoms with Gasteiger partial charge >= 0.3 is 0 Å². The quantitative estimate of drug-likeness (QED) is 0.622. The highest BCUT2D eigenvalue weighted by atomic mass is 19.1. The number of hydrogen-bond acceptors (Lipinski definition) is 1. The van der Waals surface area contributed by atoms with Crippen molar-refractivity contribution in [3.05, 3.63) is 0 Å². The molecule has 70 valence electrons. The first-order chi connectivity index (χ1) is 5.84. The third-order valence-corrected chi connectivity index (χ3v) is 3.12. The van der Waals surface area contributed by atoms with Gasteiger partial charge in [-0.15, -0.1) is 0 Å². The molecule has 2 aliphatic rings. The van der Waals surface area contributed by atoms with Crippen LogP contribution in [0.2, 0.25) is 0 Å². The Balaban J connectivity index is 1.71. The van der Waals surface area contributed by atoms with Crippen molar-refractivity contribution in [3.8, 4) is 0 Å². The normalized spacial score (nSPS) is 37.8. The summed E-state index contributed by atoms with van der Waals surface area (Å²) in [7, 11) is 0. The molecule has 0 spiro atoms.